The first-order chi connectivity index (χ1) is 8.49. The maximum Gasteiger partial charge on any atom is 0.241 e. The number of hydrogen-bond acceptors (Lipinski definition) is 2. The molecule has 1 amide bonds. The van der Waals surface area contributed by atoms with Crippen molar-refractivity contribution in [3.63, 3.8) is 0 Å². The van der Waals surface area contributed by atoms with Gasteiger partial charge in [0.25, 0.3) is 0 Å². The van der Waals surface area contributed by atoms with Gasteiger partial charge in [-0.15, -0.1) is 0 Å². The lowest BCUT2D eigenvalue weighted by Gasteiger charge is -2.25. The van der Waals surface area contributed by atoms with Crippen molar-refractivity contribution in [2.75, 3.05) is 31.6 Å². The maximum atomic E-state index is 11.9. The molecule has 1 fully saturated rings. The van der Waals surface area contributed by atoms with Gasteiger partial charge in [-0.25, -0.2) is 0 Å². The highest BCUT2D eigenvalue weighted by molar-refractivity contribution is 6.33. The third-order valence-electron chi connectivity index (χ3n) is 3.39. The highest BCUT2D eigenvalue weighted by Gasteiger charge is 2.21. The topological polar surface area (TPSA) is 23.6 Å². The SMILES string of the molecule is Cc1cc(C)c(N2CCCN(C)C(=O)C2)c(Cl)c1. The number of hydrogen-bond donors (Lipinski definition) is 0. The molecule has 1 aliphatic rings. The first-order valence-electron chi connectivity index (χ1n) is 6.24. The van der Waals surface area contributed by atoms with Crippen LogP contribution >= 0.6 is 11.6 Å². The summed E-state index contributed by atoms with van der Waals surface area (Å²) < 4.78 is 0. The van der Waals surface area contributed by atoms with E-state index >= 15 is 0 Å². The molecule has 1 aliphatic heterocycles. The zero-order valence-electron chi connectivity index (χ0n) is 11.2. The number of anilines is 1. The highest BCUT2D eigenvalue weighted by Crippen LogP contribution is 2.31. The molecule has 0 saturated carbocycles. The number of nitrogens with zero attached hydrogens (tertiary/aromatic N) is 2. The van der Waals surface area contributed by atoms with E-state index in [1.165, 1.54) is 0 Å². The van der Waals surface area contributed by atoms with Gasteiger partial charge < -0.3 is 9.80 Å². The van der Waals surface area contributed by atoms with Crippen molar-refractivity contribution in [1.29, 1.82) is 0 Å². The van der Waals surface area contributed by atoms with Crippen LogP contribution in [0.2, 0.25) is 5.02 Å². The van der Waals surface area contributed by atoms with Crippen molar-refractivity contribution < 1.29 is 4.79 Å². The molecular formula is C14H19ClN2O. The maximum absolute atomic E-state index is 11.9. The minimum atomic E-state index is 0.156. The summed E-state index contributed by atoms with van der Waals surface area (Å²) in [6, 6.07) is 4.07. The molecular weight excluding hydrogens is 248 g/mol. The van der Waals surface area contributed by atoms with E-state index in [0.717, 1.165) is 41.3 Å². The summed E-state index contributed by atoms with van der Waals surface area (Å²) in [6.07, 6.45) is 0.978. The van der Waals surface area contributed by atoms with E-state index in [-0.39, 0.29) is 5.91 Å². The number of rotatable bonds is 1. The predicted molar refractivity (Wildman–Crippen MR) is 75.4 cm³/mol. The number of carbonyl (C=O) groups is 1. The predicted octanol–water partition coefficient (Wildman–Crippen LogP) is 2.63. The van der Waals surface area contributed by atoms with E-state index in [1.54, 1.807) is 4.90 Å². The molecule has 0 spiro atoms. The lowest BCUT2D eigenvalue weighted by atomic mass is 10.1. The third-order valence-corrected chi connectivity index (χ3v) is 3.68. The van der Waals surface area contributed by atoms with Crippen molar-refractivity contribution in [1.82, 2.24) is 4.90 Å². The molecule has 0 radical (unpaired) electrons. The van der Waals surface area contributed by atoms with E-state index in [9.17, 15) is 4.79 Å². The summed E-state index contributed by atoms with van der Waals surface area (Å²) in [4.78, 5) is 15.8. The number of likely N-dealkylation sites (N-methyl/N-ethyl adjacent to an activating group) is 1. The van der Waals surface area contributed by atoms with E-state index < -0.39 is 0 Å². The molecule has 3 nitrogen and oxygen atoms in total. The summed E-state index contributed by atoms with van der Waals surface area (Å²) in [6.45, 7) is 6.19. The van der Waals surface area contributed by atoms with Crippen LogP contribution < -0.4 is 4.90 Å². The molecule has 1 heterocycles. The van der Waals surface area contributed by atoms with Crippen molar-refractivity contribution >= 4 is 23.2 Å². The molecule has 0 atom stereocenters. The van der Waals surface area contributed by atoms with Crippen LogP contribution in [0.4, 0.5) is 5.69 Å². The molecule has 18 heavy (non-hydrogen) atoms. The molecule has 4 heteroatoms. The van der Waals surface area contributed by atoms with Gasteiger partial charge in [-0.2, -0.15) is 0 Å². The molecule has 1 saturated heterocycles. The van der Waals surface area contributed by atoms with Crippen LogP contribution in [-0.4, -0.2) is 37.5 Å². The number of halogens is 1. The fraction of sp³-hybridized carbons (Fsp3) is 0.500. The summed E-state index contributed by atoms with van der Waals surface area (Å²) in [7, 11) is 1.86. The van der Waals surface area contributed by atoms with E-state index in [2.05, 4.69) is 11.0 Å². The van der Waals surface area contributed by atoms with Crippen molar-refractivity contribution in [2.24, 2.45) is 0 Å². The molecule has 98 valence electrons. The molecule has 0 aliphatic carbocycles. The van der Waals surface area contributed by atoms with Crippen LogP contribution in [0, 0.1) is 13.8 Å². The zero-order chi connectivity index (χ0) is 13.3. The summed E-state index contributed by atoms with van der Waals surface area (Å²) in [5, 5.41) is 0.741. The van der Waals surface area contributed by atoms with Crippen molar-refractivity contribution in [3.8, 4) is 0 Å². The smallest absolute Gasteiger partial charge is 0.241 e. The molecule has 0 N–H and O–H groups in total. The zero-order valence-corrected chi connectivity index (χ0v) is 11.9. The Morgan fingerprint density at radius 3 is 2.61 bits per heavy atom. The standard InChI is InChI=1S/C14H19ClN2O/c1-10-7-11(2)14(12(15)8-10)17-6-4-5-16(3)13(18)9-17/h7-8H,4-6,9H2,1-3H3. The Kier molecular flexibility index (Phi) is 3.81. The van der Waals surface area contributed by atoms with Gasteiger partial charge in [0.15, 0.2) is 0 Å². The summed E-state index contributed by atoms with van der Waals surface area (Å²) in [5.41, 5.74) is 3.29. The average Bonchev–Trinajstić information content (AvgIpc) is 2.40. The van der Waals surface area contributed by atoms with Crippen molar-refractivity contribution in [3.05, 3.63) is 28.3 Å². The Labute approximate surface area is 113 Å². The quantitative estimate of drug-likeness (QED) is 0.780. The molecule has 1 aromatic rings. The van der Waals surface area contributed by atoms with Gasteiger partial charge in [-0.1, -0.05) is 17.7 Å². The monoisotopic (exact) mass is 266 g/mol. The van der Waals surface area contributed by atoms with E-state index in [1.807, 2.05) is 27.0 Å². The molecule has 2 rings (SSSR count). The Hall–Kier alpha value is -1.22. The van der Waals surface area contributed by atoms with Gasteiger partial charge in [0.05, 0.1) is 17.3 Å². The number of amides is 1. The second-order valence-electron chi connectivity index (χ2n) is 5.00. The van der Waals surface area contributed by atoms with Crippen LogP contribution in [0.3, 0.4) is 0 Å². The lowest BCUT2D eigenvalue weighted by Crippen LogP contribution is -2.34. The van der Waals surface area contributed by atoms with Crippen LogP contribution in [-0.2, 0) is 4.79 Å². The van der Waals surface area contributed by atoms with Crippen LogP contribution in [0.15, 0.2) is 12.1 Å². The van der Waals surface area contributed by atoms with E-state index in [4.69, 9.17) is 11.6 Å². The minimum Gasteiger partial charge on any atom is -0.361 e. The Balaban J connectivity index is 2.34. The third kappa shape index (κ3) is 2.61. The van der Waals surface area contributed by atoms with Gasteiger partial charge in [0.2, 0.25) is 5.91 Å². The number of aryl methyl sites for hydroxylation is 2. The van der Waals surface area contributed by atoms with Crippen LogP contribution in [0.25, 0.3) is 0 Å². The molecule has 0 bridgehead atoms. The van der Waals surface area contributed by atoms with Crippen molar-refractivity contribution in [2.45, 2.75) is 20.3 Å². The second kappa shape index (κ2) is 5.19. The fourth-order valence-electron chi connectivity index (χ4n) is 2.49. The second-order valence-corrected chi connectivity index (χ2v) is 5.41. The fourth-order valence-corrected chi connectivity index (χ4v) is 2.93. The van der Waals surface area contributed by atoms with E-state index in [0.29, 0.717) is 6.54 Å². The summed E-state index contributed by atoms with van der Waals surface area (Å²) in [5.74, 6) is 0.156. The highest BCUT2D eigenvalue weighted by atomic mass is 35.5. The molecule has 0 aromatic heterocycles. The van der Waals surface area contributed by atoms with Crippen LogP contribution in [0.1, 0.15) is 17.5 Å². The van der Waals surface area contributed by atoms with Gasteiger partial charge in [0, 0.05) is 20.1 Å². The Morgan fingerprint density at radius 2 is 1.94 bits per heavy atom. The van der Waals surface area contributed by atoms with Gasteiger partial charge in [0.1, 0.15) is 0 Å². The Morgan fingerprint density at radius 1 is 1.22 bits per heavy atom. The minimum absolute atomic E-state index is 0.156. The number of benzene rings is 1. The van der Waals surface area contributed by atoms with Crippen LogP contribution in [0.5, 0.6) is 0 Å². The normalized spacial score (nSPS) is 17.0. The first kappa shape index (κ1) is 13.2. The lowest BCUT2D eigenvalue weighted by molar-refractivity contribution is -0.127. The van der Waals surface area contributed by atoms with Gasteiger partial charge in [-0.3, -0.25) is 4.79 Å². The molecule has 0 unspecified atom stereocenters. The Bertz CT molecular complexity index is 450. The van der Waals surface area contributed by atoms with Gasteiger partial charge in [-0.05, 0) is 37.5 Å². The number of carbonyl (C=O) groups excluding carboxylic acids is 1. The summed E-state index contributed by atoms with van der Waals surface area (Å²) >= 11 is 6.34. The largest absolute Gasteiger partial charge is 0.361 e. The molecule has 1 aromatic carbocycles. The first-order valence-corrected chi connectivity index (χ1v) is 6.62. The van der Waals surface area contributed by atoms with Gasteiger partial charge >= 0.3 is 0 Å². The average molecular weight is 267 g/mol.